The fourth-order valence-corrected chi connectivity index (χ4v) is 4.19. The summed E-state index contributed by atoms with van der Waals surface area (Å²) in [5.41, 5.74) is 1.67. The molecule has 0 bridgehead atoms. The van der Waals surface area contributed by atoms with E-state index in [2.05, 4.69) is 5.10 Å². The number of ether oxygens (including phenoxy) is 1. The third-order valence-electron chi connectivity index (χ3n) is 6.21. The Morgan fingerprint density at radius 2 is 2.10 bits per heavy atom. The van der Waals surface area contributed by atoms with Crippen molar-refractivity contribution >= 4 is 23.4 Å². The maximum Gasteiger partial charge on any atom is 0.257 e. The van der Waals surface area contributed by atoms with Gasteiger partial charge in [-0.25, -0.2) is 4.39 Å². The van der Waals surface area contributed by atoms with E-state index in [4.69, 9.17) is 16.3 Å². The zero-order valence-corrected chi connectivity index (χ0v) is 18.5. The lowest BCUT2D eigenvalue weighted by atomic mass is 10.1. The van der Waals surface area contributed by atoms with E-state index in [-0.39, 0.29) is 28.8 Å². The van der Waals surface area contributed by atoms with Gasteiger partial charge in [0.25, 0.3) is 5.91 Å². The molecule has 4 rings (SSSR count). The SMILES string of the molecule is CCOCC1(N(C)C(=O)c2cnn3c2CN(C(=O)Cc2ccc(F)c(Cl)c2)CC3)CC1. The molecule has 0 N–H and O–H groups in total. The molecule has 9 heteroatoms. The van der Waals surface area contributed by atoms with Crippen LogP contribution in [0, 0.1) is 5.82 Å². The van der Waals surface area contributed by atoms with Gasteiger partial charge in [-0.15, -0.1) is 0 Å². The van der Waals surface area contributed by atoms with E-state index >= 15 is 0 Å². The lowest BCUT2D eigenvalue weighted by molar-refractivity contribution is -0.132. The molecule has 1 saturated carbocycles. The third-order valence-corrected chi connectivity index (χ3v) is 6.50. The summed E-state index contributed by atoms with van der Waals surface area (Å²) in [5, 5.41) is 4.36. The Kier molecular flexibility index (Phi) is 6.03. The second kappa shape index (κ2) is 8.59. The first kappa shape index (κ1) is 21.8. The molecule has 2 aromatic rings. The maximum absolute atomic E-state index is 13.4. The van der Waals surface area contributed by atoms with E-state index in [0.29, 0.717) is 44.0 Å². The lowest BCUT2D eigenvalue weighted by Gasteiger charge is -2.31. The highest BCUT2D eigenvalue weighted by atomic mass is 35.5. The number of fused-ring (bicyclic) bond motifs is 1. The van der Waals surface area contributed by atoms with Crippen LogP contribution in [0.3, 0.4) is 0 Å². The van der Waals surface area contributed by atoms with Gasteiger partial charge >= 0.3 is 0 Å². The minimum atomic E-state index is -0.509. The number of carbonyl (C=O) groups excluding carboxylic acids is 2. The van der Waals surface area contributed by atoms with E-state index in [9.17, 15) is 14.0 Å². The van der Waals surface area contributed by atoms with Gasteiger partial charge in [-0.05, 0) is 37.5 Å². The van der Waals surface area contributed by atoms with Crippen LogP contribution in [-0.4, -0.2) is 63.7 Å². The van der Waals surface area contributed by atoms with Crippen molar-refractivity contribution in [1.82, 2.24) is 19.6 Å². The quantitative estimate of drug-likeness (QED) is 0.653. The monoisotopic (exact) mass is 448 g/mol. The maximum atomic E-state index is 13.4. The van der Waals surface area contributed by atoms with Gasteiger partial charge in [-0.3, -0.25) is 14.3 Å². The second-order valence-electron chi connectivity index (χ2n) is 8.19. The number of benzene rings is 1. The predicted octanol–water partition coefficient (Wildman–Crippen LogP) is 2.90. The van der Waals surface area contributed by atoms with Crippen LogP contribution in [0.5, 0.6) is 0 Å². The van der Waals surface area contributed by atoms with Gasteiger partial charge < -0.3 is 14.5 Å². The summed E-state index contributed by atoms with van der Waals surface area (Å²) >= 11 is 5.83. The zero-order chi connectivity index (χ0) is 22.2. The largest absolute Gasteiger partial charge is 0.379 e. The Balaban J connectivity index is 1.47. The van der Waals surface area contributed by atoms with Gasteiger partial charge in [0.1, 0.15) is 5.82 Å². The number of halogens is 2. The molecule has 31 heavy (non-hydrogen) atoms. The summed E-state index contributed by atoms with van der Waals surface area (Å²) in [4.78, 5) is 29.5. The average molecular weight is 449 g/mol. The number of carbonyl (C=O) groups is 2. The molecule has 1 aromatic carbocycles. The van der Waals surface area contributed by atoms with Gasteiger partial charge in [0, 0.05) is 20.2 Å². The average Bonchev–Trinajstić information content (AvgIpc) is 3.44. The molecule has 0 radical (unpaired) electrons. The van der Waals surface area contributed by atoms with Crippen LogP contribution >= 0.6 is 11.6 Å². The number of hydrogen-bond donors (Lipinski definition) is 0. The van der Waals surface area contributed by atoms with E-state index in [1.54, 1.807) is 26.7 Å². The van der Waals surface area contributed by atoms with Crippen LogP contribution in [-0.2, 0) is 29.0 Å². The lowest BCUT2D eigenvalue weighted by Crippen LogP contribution is -2.44. The highest BCUT2D eigenvalue weighted by molar-refractivity contribution is 6.30. The molecule has 0 saturated heterocycles. The van der Waals surface area contributed by atoms with Crippen molar-refractivity contribution in [3.05, 3.63) is 52.1 Å². The first-order chi connectivity index (χ1) is 14.8. The number of aromatic nitrogens is 2. The topological polar surface area (TPSA) is 67.7 Å². The van der Waals surface area contributed by atoms with E-state index in [1.165, 1.54) is 12.1 Å². The number of likely N-dealkylation sites (N-methyl/N-ethyl adjacent to an activating group) is 1. The summed E-state index contributed by atoms with van der Waals surface area (Å²) < 4.78 is 20.8. The van der Waals surface area contributed by atoms with Crippen LogP contribution < -0.4 is 0 Å². The Hall–Kier alpha value is -2.45. The molecule has 0 unspecified atom stereocenters. The zero-order valence-electron chi connectivity index (χ0n) is 17.7. The van der Waals surface area contributed by atoms with Gasteiger partial charge in [0.2, 0.25) is 5.91 Å². The molecule has 1 fully saturated rings. The highest BCUT2D eigenvalue weighted by Gasteiger charge is 2.49. The van der Waals surface area contributed by atoms with Gasteiger partial charge in [-0.1, -0.05) is 17.7 Å². The molecule has 2 aliphatic rings. The van der Waals surface area contributed by atoms with Gasteiger partial charge in [-0.2, -0.15) is 5.10 Å². The fourth-order valence-electron chi connectivity index (χ4n) is 3.98. The number of hydrogen-bond acceptors (Lipinski definition) is 4. The van der Waals surface area contributed by atoms with Crippen molar-refractivity contribution in [2.75, 3.05) is 26.8 Å². The van der Waals surface area contributed by atoms with Gasteiger partial charge in [0.05, 0.1) is 54.1 Å². The molecule has 1 aliphatic heterocycles. The highest BCUT2D eigenvalue weighted by Crippen LogP contribution is 2.42. The molecule has 7 nitrogen and oxygen atoms in total. The molecule has 0 atom stereocenters. The standard InChI is InChI=1S/C22H26ClFN4O3/c1-3-31-14-22(6-7-22)26(2)21(30)16-12-25-28-9-8-27(13-19(16)28)20(29)11-15-4-5-18(24)17(23)10-15/h4-5,10,12H,3,6-9,11,13-14H2,1-2H3. The number of amides is 2. The molecule has 1 aliphatic carbocycles. The van der Waals surface area contributed by atoms with Crippen molar-refractivity contribution in [2.45, 2.75) is 44.8 Å². The molecular weight excluding hydrogens is 423 g/mol. The molecule has 166 valence electrons. The molecule has 1 aromatic heterocycles. The molecule has 2 heterocycles. The summed E-state index contributed by atoms with van der Waals surface area (Å²) in [6.45, 7) is 4.41. The third kappa shape index (κ3) is 4.32. The number of nitrogens with zero attached hydrogens (tertiary/aromatic N) is 4. The van der Waals surface area contributed by atoms with Crippen LogP contribution in [0.15, 0.2) is 24.4 Å². The van der Waals surface area contributed by atoms with E-state index < -0.39 is 5.82 Å². The fraction of sp³-hybridized carbons (Fsp3) is 0.500. The molecular formula is C22H26ClFN4O3. The van der Waals surface area contributed by atoms with E-state index in [1.807, 2.05) is 14.0 Å². The minimum absolute atomic E-state index is 0.000927. The molecule has 2 amide bonds. The first-order valence-electron chi connectivity index (χ1n) is 10.5. The summed E-state index contributed by atoms with van der Waals surface area (Å²) in [6.07, 6.45) is 3.56. The number of rotatable bonds is 7. The summed E-state index contributed by atoms with van der Waals surface area (Å²) in [6, 6.07) is 4.30. The van der Waals surface area contributed by atoms with Crippen LogP contribution in [0.2, 0.25) is 5.02 Å². The Morgan fingerprint density at radius 1 is 1.32 bits per heavy atom. The summed E-state index contributed by atoms with van der Waals surface area (Å²) in [5.74, 6) is -0.709. The molecule has 0 spiro atoms. The minimum Gasteiger partial charge on any atom is -0.379 e. The first-order valence-corrected chi connectivity index (χ1v) is 10.8. The van der Waals surface area contributed by atoms with Crippen molar-refractivity contribution in [3.63, 3.8) is 0 Å². The van der Waals surface area contributed by atoms with Crippen molar-refractivity contribution < 1.29 is 18.7 Å². The van der Waals surface area contributed by atoms with Crippen molar-refractivity contribution in [3.8, 4) is 0 Å². The summed E-state index contributed by atoms with van der Waals surface area (Å²) in [7, 11) is 1.81. The van der Waals surface area contributed by atoms with Gasteiger partial charge in [0.15, 0.2) is 0 Å². The van der Waals surface area contributed by atoms with Crippen molar-refractivity contribution in [1.29, 1.82) is 0 Å². The second-order valence-corrected chi connectivity index (χ2v) is 8.60. The van der Waals surface area contributed by atoms with Crippen LogP contribution in [0.1, 0.15) is 41.4 Å². The predicted molar refractivity (Wildman–Crippen MR) is 113 cm³/mol. The van der Waals surface area contributed by atoms with Crippen molar-refractivity contribution in [2.24, 2.45) is 0 Å². The smallest absolute Gasteiger partial charge is 0.257 e. The van der Waals surface area contributed by atoms with Crippen LogP contribution in [0.25, 0.3) is 0 Å². The Morgan fingerprint density at radius 3 is 2.77 bits per heavy atom. The van der Waals surface area contributed by atoms with Crippen LogP contribution in [0.4, 0.5) is 4.39 Å². The Labute approximate surface area is 185 Å². The normalized spacial score (nSPS) is 16.7. The van der Waals surface area contributed by atoms with E-state index in [0.717, 1.165) is 18.5 Å². The Bertz CT molecular complexity index is 1000.